The third-order valence-corrected chi connectivity index (χ3v) is 5.66. The van der Waals surface area contributed by atoms with Gasteiger partial charge in [-0.05, 0) is 50.1 Å². The second-order valence-corrected chi connectivity index (χ2v) is 8.12. The Bertz CT molecular complexity index is 1080. The van der Waals surface area contributed by atoms with Crippen LogP contribution in [0.3, 0.4) is 0 Å². The Hall–Kier alpha value is -3.06. The predicted octanol–water partition coefficient (Wildman–Crippen LogP) is 4.77. The minimum absolute atomic E-state index is 0.192. The number of fused-ring (bicyclic) bond motifs is 1. The third-order valence-electron chi connectivity index (χ3n) is 5.43. The smallest absolute Gasteiger partial charge is 0.246 e. The van der Waals surface area contributed by atoms with Gasteiger partial charge in [-0.25, -0.2) is 0 Å². The number of hydrogen-bond acceptors (Lipinski definition) is 5. The molecule has 0 unspecified atom stereocenters. The lowest BCUT2D eigenvalue weighted by Crippen LogP contribution is -2.32. The van der Waals surface area contributed by atoms with Gasteiger partial charge in [0.15, 0.2) is 5.82 Å². The Morgan fingerprint density at radius 1 is 1.16 bits per heavy atom. The SMILES string of the molecule is COc1ccc(Cl)cc1NC(=O)[C@@H](C)Nc1cccc(-c2nnc3n2CCCCC3)c1. The summed E-state index contributed by atoms with van der Waals surface area (Å²) in [5.74, 6) is 2.29. The number of methoxy groups -OCH3 is 1. The van der Waals surface area contributed by atoms with Crippen LogP contribution >= 0.6 is 11.6 Å². The maximum atomic E-state index is 12.7. The van der Waals surface area contributed by atoms with Crippen LogP contribution in [0, 0.1) is 0 Å². The molecule has 2 N–H and O–H groups in total. The van der Waals surface area contributed by atoms with Crippen molar-refractivity contribution in [3.63, 3.8) is 0 Å². The van der Waals surface area contributed by atoms with Crippen LogP contribution in [0.25, 0.3) is 11.4 Å². The second-order valence-electron chi connectivity index (χ2n) is 7.68. The summed E-state index contributed by atoms with van der Waals surface area (Å²) in [6.07, 6.45) is 4.48. The van der Waals surface area contributed by atoms with Crippen molar-refractivity contribution in [3.8, 4) is 17.1 Å². The maximum absolute atomic E-state index is 12.7. The third kappa shape index (κ3) is 4.82. The summed E-state index contributed by atoms with van der Waals surface area (Å²) in [5, 5.41) is 15.5. The number of amides is 1. The summed E-state index contributed by atoms with van der Waals surface area (Å²) in [7, 11) is 1.55. The molecular formula is C23H26ClN5O2. The number of carbonyl (C=O) groups excluding carboxylic acids is 1. The van der Waals surface area contributed by atoms with E-state index in [1.165, 1.54) is 6.42 Å². The summed E-state index contributed by atoms with van der Waals surface area (Å²) in [6.45, 7) is 2.75. The van der Waals surface area contributed by atoms with Gasteiger partial charge in [-0.15, -0.1) is 10.2 Å². The van der Waals surface area contributed by atoms with Gasteiger partial charge in [-0.3, -0.25) is 4.79 Å². The first kappa shape index (κ1) is 21.2. The van der Waals surface area contributed by atoms with Crippen molar-refractivity contribution in [2.45, 2.75) is 45.2 Å². The van der Waals surface area contributed by atoms with Gasteiger partial charge in [0.1, 0.15) is 17.6 Å². The highest BCUT2D eigenvalue weighted by Gasteiger charge is 2.18. The number of nitrogens with one attached hydrogen (secondary N) is 2. The minimum atomic E-state index is -0.477. The van der Waals surface area contributed by atoms with E-state index in [1.807, 2.05) is 31.2 Å². The molecule has 1 aliphatic heterocycles. The minimum Gasteiger partial charge on any atom is -0.495 e. The van der Waals surface area contributed by atoms with Gasteiger partial charge in [0.25, 0.3) is 0 Å². The van der Waals surface area contributed by atoms with Gasteiger partial charge >= 0.3 is 0 Å². The van der Waals surface area contributed by atoms with E-state index < -0.39 is 6.04 Å². The van der Waals surface area contributed by atoms with E-state index in [0.29, 0.717) is 16.5 Å². The fraction of sp³-hybridized carbons (Fsp3) is 0.348. The molecule has 8 heteroatoms. The molecule has 0 bridgehead atoms. The summed E-state index contributed by atoms with van der Waals surface area (Å²) in [4.78, 5) is 12.7. The molecule has 2 aromatic carbocycles. The lowest BCUT2D eigenvalue weighted by atomic mass is 10.1. The average molecular weight is 440 g/mol. The first-order valence-corrected chi connectivity index (χ1v) is 10.9. The van der Waals surface area contributed by atoms with E-state index in [0.717, 1.165) is 48.7 Å². The van der Waals surface area contributed by atoms with Crippen molar-refractivity contribution in [2.75, 3.05) is 17.7 Å². The molecule has 1 aromatic heterocycles. The molecule has 0 radical (unpaired) electrons. The Morgan fingerprint density at radius 3 is 2.87 bits per heavy atom. The number of hydrogen-bond donors (Lipinski definition) is 2. The normalized spacial score (nSPS) is 14.3. The van der Waals surface area contributed by atoms with Crippen molar-refractivity contribution in [1.29, 1.82) is 0 Å². The highest BCUT2D eigenvalue weighted by Crippen LogP contribution is 2.28. The number of rotatable bonds is 6. The summed E-state index contributed by atoms with van der Waals surface area (Å²) >= 11 is 6.06. The fourth-order valence-electron chi connectivity index (χ4n) is 3.78. The van der Waals surface area contributed by atoms with Gasteiger partial charge in [0.05, 0.1) is 12.8 Å². The summed E-state index contributed by atoms with van der Waals surface area (Å²) in [6, 6.07) is 12.6. The van der Waals surface area contributed by atoms with Crippen LogP contribution in [-0.4, -0.2) is 33.8 Å². The predicted molar refractivity (Wildman–Crippen MR) is 123 cm³/mol. The molecule has 1 atom stereocenters. The van der Waals surface area contributed by atoms with Crippen LogP contribution in [0.2, 0.25) is 5.02 Å². The number of ether oxygens (including phenoxy) is 1. The van der Waals surface area contributed by atoms with Gasteiger partial charge < -0.3 is 19.9 Å². The molecule has 0 aliphatic carbocycles. The molecule has 1 aliphatic rings. The van der Waals surface area contributed by atoms with Crippen LogP contribution in [0.1, 0.15) is 32.0 Å². The molecule has 0 spiro atoms. The largest absolute Gasteiger partial charge is 0.495 e. The van der Waals surface area contributed by atoms with Crippen LogP contribution in [0.5, 0.6) is 5.75 Å². The van der Waals surface area contributed by atoms with E-state index in [2.05, 4.69) is 25.4 Å². The van der Waals surface area contributed by atoms with Crippen LogP contribution in [0.4, 0.5) is 11.4 Å². The van der Waals surface area contributed by atoms with Crippen molar-refractivity contribution >= 4 is 28.9 Å². The van der Waals surface area contributed by atoms with Crippen molar-refractivity contribution in [1.82, 2.24) is 14.8 Å². The Morgan fingerprint density at radius 2 is 2.03 bits per heavy atom. The number of aryl methyl sites for hydroxylation is 1. The average Bonchev–Trinajstić information content (AvgIpc) is 3.02. The molecule has 162 valence electrons. The Kier molecular flexibility index (Phi) is 6.42. The first-order chi connectivity index (χ1) is 15.0. The van der Waals surface area contributed by atoms with E-state index in [4.69, 9.17) is 16.3 Å². The van der Waals surface area contributed by atoms with Crippen molar-refractivity contribution in [3.05, 3.63) is 53.3 Å². The Balaban J connectivity index is 1.48. The summed E-state index contributed by atoms with van der Waals surface area (Å²) < 4.78 is 7.52. The molecule has 4 rings (SSSR count). The van der Waals surface area contributed by atoms with E-state index in [-0.39, 0.29) is 5.91 Å². The fourth-order valence-corrected chi connectivity index (χ4v) is 3.95. The Labute approximate surface area is 186 Å². The molecule has 1 amide bonds. The van der Waals surface area contributed by atoms with Gasteiger partial charge in [-0.2, -0.15) is 0 Å². The van der Waals surface area contributed by atoms with Crippen LogP contribution in [0.15, 0.2) is 42.5 Å². The molecule has 0 saturated heterocycles. The second kappa shape index (κ2) is 9.39. The molecule has 2 heterocycles. The van der Waals surface area contributed by atoms with E-state index >= 15 is 0 Å². The number of carbonyl (C=O) groups is 1. The highest BCUT2D eigenvalue weighted by molar-refractivity contribution is 6.31. The standard InChI is InChI=1S/C23H26ClN5O2/c1-15(23(30)26-19-14-17(24)10-11-20(19)31-2)25-18-8-6-7-16(13-18)22-28-27-21-9-4-3-5-12-29(21)22/h6-8,10-11,13-15,25H,3-5,9,12H2,1-2H3,(H,26,30)/t15-/m1/s1. The van der Waals surface area contributed by atoms with Gasteiger partial charge in [0, 0.05) is 29.2 Å². The molecule has 0 fully saturated rings. The highest BCUT2D eigenvalue weighted by atomic mass is 35.5. The molecule has 3 aromatic rings. The number of anilines is 2. The molecule has 0 saturated carbocycles. The number of nitrogens with zero attached hydrogens (tertiary/aromatic N) is 3. The molecule has 7 nitrogen and oxygen atoms in total. The molecular weight excluding hydrogens is 414 g/mol. The van der Waals surface area contributed by atoms with Gasteiger partial charge in [0.2, 0.25) is 5.91 Å². The first-order valence-electron chi connectivity index (χ1n) is 10.5. The number of benzene rings is 2. The van der Waals surface area contributed by atoms with Crippen LogP contribution < -0.4 is 15.4 Å². The summed E-state index contributed by atoms with van der Waals surface area (Å²) in [5.41, 5.74) is 2.35. The zero-order valence-electron chi connectivity index (χ0n) is 17.7. The van der Waals surface area contributed by atoms with E-state index in [1.54, 1.807) is 25.3 Å². The molecule has 31 heavy (non-hydrogen) atoms. The van der Waals surface area contributed by atoms with Crippen molar-refractivity contribution < 1.29 is 9.53 Å². The maximum Gasteiger partial charge on any atom is 0.246 e. The van der Waals surface area contributed by atoms with Crippen LogP contribution in [-0.2, 0) is 17.8 Å². The van der Waals surface area contributed by atoms with Crippen molar-refractivity contribution in [2.24, 2.45) is 0 Å². The van der Waals surface area contributed by atoms with E-state index in [9.17, 15) is 4.79 Å². The monoisotopic (exact) mass is 439 g/mol. The topological polar surface area (TPSA) is 81.1 Å². The van der Waals surface area contributed by atoms with Gasteiger partial charge in [-0.1, -0.05) is 30.2 Å². The lowest BCUT2D eigenvalue weighted by molar-refractivity contribution is -0.116. The number of halogens is 1. The zero-order chi connectivity index (χ0) is 21.8. The quantitative estimate of drug-likeness (QED) is 0.578. The lowest BCUT2D eigenvalue weighted by Gasteiger charge is -2.17. The number of aromatic nitrogens is 3. The zero-order valence-corrected chi connectivity index (χ0v) is 18.4.